The van der Waals surface area contributed by atoms with Crippen LogP contribution in [0.1, 0.15) is 95.7 Å². The van der Waals surface area contributed by atoms with E-state index in [1.807, 2.05) is 37.3 Å². The van der Waals surface area contributed by atoms with Crippen molar-refractivity contribution in [2.45, 2.75) is 71.1 Å². The lowest BCUT2D eigenvalue weighted by atomic mass is 10.0. The van der Waals surface area contributed by atoms with Gasteiger partial charge in [-0.15, -0.1) is 6.58 Å². The molecule has 11 heteroatoms. The van der Waals surface area contributed by atoms with Gasteiger partial charge in [0.15, 0.2) is 0 Å². The molecule has 0 amide bonds. The van der Waals surface area contributed by atoms with Crippen molar-refractivity contribution in [3.8, 4) is 11.5 Å². The molecule has 3 aromatic rings. The number of rotatable bonds is 27. The average Bonchev–Trinajstić information content (AvgIpc) is 3.24. The fourth-order valence-electron chi connectivity index (χ4n) is 4.82. The lowest BCUT2D eigenvalue weighted by Gasteiger charge is -2.10. The van der Waals surface area contributed by atoms with Crippen LogP contribution in [0.25, 0.3) is 0 Å². The van der Waals surface area contributed by atoms with Crippen LogP contribution in [-0.4, -0.2) is 85.1 Å². The summed E-state index contributed by atoms with van der Waals surface area (Å²) in [5, 5.41) is 7.61. The first-order valence-electron chi connectivity index (χ1n) is 19.2. The molecule has 312 valence electrons. The van der Waals surface area contributed by atoms with Gasteiger partial charge < -0.3 is 33.8 Å². The summed E-state index contributed by atoms with van der Waals surface area (Å²) in [5.41, 5.74) is 4.10. The van der Waals surface area contributed by atoms with Gasteiger partial charge in [0.1, 0.15) is 24.1 Å². The molecular formula is C46H63NO10. The third kappa shape index (κ3) is 27.8. The predicted molar refractivity (Wildman–Crippen MR) is 226 cm³/mol. The molecule has 0 heterocycles. The van der Waals surface area contributed by atoms with E-state index < -0.39 is 0 Å². The summed E-state index contributed by atoms with van der Waals surface area (Å²) < 4.78 is 31.4. The number of carbonyl (C=O) groups excluding carboxylic acids is 4. The van der Waals surface area contributed by atoms with Gasteiger partial charge in [-0.2, -0.15) is 0 Å². The first-order valence-corrected chi connectivity index (χ1v) is 19.2. The average molecular weight is 790 g/mol. The largest absolute Gasteiger partial charge is 0.494 e. The van der Waals surface area contributed by atoms with E-state index in [9.17, 15) is 14.4 Å². The first kappa shape index (κ1) is 51.6. The van der Waals surface area contributed by atoms with Gasteiger partial charge in [0.25, 0.3) is 6.47 Å². The van der Waals surface area contributed by atoms with Gasteiger partial charge in [0.05, 0.1) is 38.6 Å². The van der Waals surface area contributed by atoms with Crippen LogP contribution in [0, 0.1) is 5.41 Å². The fraction of sp³-hybridized carbons (Fsp3) is 0.413. The molecule has 0 aromatic heterocycles. The van der Waals surface area contributed by atoms with Crippen LogP contribution in [-0.2, 0) is 41.4 Å². The zero-order valence-corrected chi connectivity index (χ0v) is 34.1. The fourth-order valence-corrected chi connectivity index (χ4v) is 4.82. The maximum absolute atomic E-state index is 12.3. The highest BCUT2D eigenvalue weighted by atomic mass is 16.5. The van der Waals surface area contributed by atoms with Crippen molar-refractivity contribution in [2.24, 2.45) is 0 Å². The van der Waals surface area contributed by atoms with Gasteiger partial charge in [-0.05, 0) is 136 Å². The number of hydrogen-bond acceptors (Lipinski definition) is 11. The molecule has 0 radical (unpaired) electrons. The Bertz CT molecular complexity index is 1500. The minimum atomic E-state index is -0.372. The lowest BCUT2D eigenvalue weighted by Crippen LogP contribution is -2.09. The first-order chi connectivity index (χ1) is 27.9. The van der Waals surface area contributed by atoms with Gasteiger partial charge in [0, 0.05) is 39.0 Å². The lowest BCUT2D eigenvalue weighted by molar-refractivity contribution is -0.128. The molecule has 1 N–H and O–H groups in total. The molecule has 0 saturated heterocycles. The molecule has 57 heavy (non-hydrogen) atoms. The number of aldehydes is 2. The predicted octanol–water partition coefficient (Wildman–Crippen LogP) is 9.03. The van der Waals surface area contributed by atoms with Crippen LogP contribution in [0.2, 0.25) is 0 Å². The zero-order valence-electron chi connectivity index (χ0n) is 34.1. The number of benzene rings is 3. The summed E-state index contributed by atoms with van der Waals surface area (Å²) in [5.74, 6) is 1.17. The van der Waals surface area contributed by atoms with Crippen molar-refractivity contribution in [3.63, 3.8) is 0 Å². The molecule has 0 atom stereocenters. The van der Waals surface area contributed by atoms with Crippen LogP contribution < -0.4 is 9.47 Å². The van der Waals surface area contributed by atoms with Gasteiger partial charge in [-0.25, -0.2) is 4.79 Å². The van der Waals surface area contributed by atoms with Gasteiger partial charge in [-0.3, -0.25) is 14.4 Å². The Kier molecular flexibility index (Phi) is 34.0. The summed E-state index contributed by atoms with van der Waals surface area (Å²) in [6, 6.07) is 20.1. The second-order valence-corrected chi connectivity index (χ2v) is 12.3. The number of nitrogens with one attached hydrogen (secondary N) is 1. The van der Waals surface area contributed by atoms with Crippen molar-refractivity contribution >= 4 is 31.2 Å². The van der Waals surface area contributed by atoms with Crippen LogP contribution in [0.3, 0.4) is 0 Å². The zero-order chi connectivity index (χ0) is 42.2. The number of unbranched alkanes of at least 4 members (excludes halogenated alkanes) is 6. The highest BCUT2D eigenvalue weighted by molar-refractivity contribution is 5.89. The third-order valence-corrected chi connectivity index (χ3v) is 7.77. The van der Waals surface area contributed by atoms with Crippen molar-refractivity contribution in [2.75, 3.05) is 53.9 Å². The van der Waals surface area contributed by atoms with Crippen LogP contribution in [0.15, 0.2) is 92.0 Å². The summed E-state index contributed by atoms with van der Waals surface area (Å²) in [6.45, 7) is 12.3. The van der Waals surface area contributed by atoms with E-state index in [0.717, 1.165) is 93.3 Å². The monoisotopic (exact) mass is 789 g/mol. The molecule has 11 nitrogen and oxygen atoms in total. The Balaban J connectivity index is 0.00000108. The van der Waals surface area contributed by atoms with E-state index >= 15 is 0 Å². The van der Waals surface area contributed by atoms with Crippen LogP contribution in [0.4, 0.5) is 0 Å². The molecule has 0 saturated carbocycles. The molecule has 3 rings (SSSR count). The Morgan fingerprint density at radius 3 is 1.68 bits per heavy atom. The van der Waals surface area contributed by atoms with Gasteiger partial charge in [-0.1, -0.05) is 31.2 Å². The number of hydrogen-bond donors (Lipinski definition) is 1. The maximum atomic E-state index is 12.3. The van der Waals surface area contributed by atoms with Crippen molar-refractivity contribution in [3.05, 3.63) is 120 Å². The number of allylic oxidation sites excluding steroid dienone is 2. The minimum absolute atomic E-state index is 0.268. The molecule has 0 spiro atoms. The Morgan fingerprint density at radius 2 is 1.19 bits per heavy atom. The van der Waals surface area contributed by atoms with Crippen LogP contribution in [0.5, 0.6) is 11.5 Å². The van der Waals surface area contributed by atoms with E-state index in [-0.39, 0.29) is 12.6 Å². The normalized spacial score (nSPS) is 9.67. The Hall–Kier alpha value is -5.39. The number of methoxy groups -OCH3 is 2. The summed E-state index contributed by atoms with van der Waals surface area (Å²) >= 11 is 0. The topological polar surface area (TPSA) is 148 Å². The van der Waals surface area contributed by atoms with Crippen LogP contribution >= 0.6 is 0 Å². The summed E-state index contributed by atoms with van der Waals surface area (Å²) in [7, 11) is 3.39. The number of carbonyl (C=O) groups is 4. The second kappa shape index (κ2) is 37.5. The molecule has 0 bridgehead atoms. The standard InChI is InChI=1S/C26H33NO6.C14H20O3.C3H4O.C3H6/c1-30-16-13-22-7-6-21(18-24(22)19-27)12-17-33-26(29)23-8-10-25(11-9-23)32-15-5-3-2-4-14-31-20-28;1-16-10-4-2-3-5-11-17-14-8-6-13(12-15)7-9-14;1-2-3-4;1-3-2/h6-11,18-20,27H,2-5,12-17H2,1H3;6-9,12H,2-5,10-11H2,1H3;2-3H,1H2;3H,1H2,2H3. The van der Waals surface area contributed by atoms with E-state index in [2.05, 4.69) is 17.9 Å². The highest BCUT2D eigenvalue weighted by Crippen LogP contribution is 2.16. The smallest absolute Gasteiger partial charge is 0.338 e. The highest BCUT2D eigenvalue weighted by Gasteiger charge is 2.09. The molecule has 0 unspecified atom stereocenters. The molecule has 0 aliphatic rings. The maximum Gasteiger partial charge on any atom is 0.338 e. The number of esters is 1. The van der Waals surface area contributed by atoms with Gasteiger partial charge in [0.2, 0.25) is 0 Å². The molecule has 3 aromatic carbocycles. The second-order valence-electron chi connectivity index (χ2n) is 12.3. The minimum Gasteiger partial charge on any atom is -0.494 e. The molecule has 0 fully saturated rings. The van der Waals surface area contributed by atoms with E-state index in [4.69, 9.17) is 33.9 Å². The Morgan fingerprint density at radius 1 is 0.667 bits per heavy atom. The molecule has 0 aliphatic carbocycles. The quantitative estimate of drug-likeness (QED) is 0.0198. The number of ether oxygens (including phenoxy) is 6. The SMILES string of the molecule is C=CC.C=CC=O.COCCCCCCOc1ccc(C=O)cc1.COCCc1ccc(CCOC(=O)c2ccc(OCCCCCCOC=O)cc2)cc1C=N. The Labute approximate surface area is 339 Å². The third-order valence-electron chi connectivity index (χ3n) is 7.77. The van der Waals surface area contributed by atoms with Crippen molar-refractivity contribution < 1.29 is 47.6 Å². The molecule has 0 aliphatic heterocycles. The van der Waals surface area contributed by atoms with Crippen molar-refractivity contribution in [1.82, 2.24) is 0 Å². The van der Waals surface area contributed by atoms with E-state index in [1.165, 1.54) is 18.7 Å². The summed E-state index contributed by atoms with van der Waals surface area (Å²) in [6.07, 6.45) is 15.4. The van der Waals surface area contributed by atoms with E-state index in [0.29, 0.717) is 55.9 Å². The van der Waals surface area contributed by atoms with E-state index in [1.54, 1.807) is 56.7 Å². The molecular weight excluding hydrogens is 727 g/mol. The van der Waals surface area contributed by atoms with Crippen molar-refractivity contribution in [1.29, 1.82) is 5.41 Å². The van der Waals surface area contributed by atoms with Gasteiger partial charge >= 0.3 is 5.97 Å². The summed E-state index contributed by atoms with van der Waals surface area (Å²) in [4.78, 5) is 41.9.